The van der Waals surface area contributed by atoms with Crippen LogP contribution in [0.1, 0.15) is 6.42 Å². The van der Waals surface area contributed by atoms with Crippen molar-refractivity contribution in [3.05, 3.63) is 11.8 Å². The number of fused-ring (bicyclic) bond motifs is 1. The van der Waals surface area contributed by atoms with Gasteiger partial charge < -0.3 is 29.5 Å². The van der Waals surface area contributed by atoms with E-state index < -0.39 is 48.9 Å². The summed E-state index contributed by atoms with van der Waals surface area (Å²) in [4.78, 5) is 27.1. The zero-order valence-electron chi connectivity index (χ0n) is 13.2. The molecule has 0 aliphatic carbocycles. The number of likely N-dealkylation sites (N-methyl/N-ethyl adjacent to an activating group) is 1. The first kappa shape index (κ1) is 17.1. The Kier molecular flexibility index (Phi) is 4.49. The number of aliphatic hydroxyl groups is 3. The van der Waals surface area contributed by atoms with Crippen molar-refractivity contribution < 1.29 is 39.1 Å². The molecule has 134 valence electrons. The van der Waals surface area contributed by atoms with E-state index >= 15 is 0 Å². The Morgan fingerprint density at radius 3 is 2.62 bits per heavy atom. The summed E-state index contributed by atoms with van der Waals surface area (Å²) in [6.07, 6.45) is -4.32. The summed E-state index contributed by atoms with van der Waals surface area (Å²) in [5.41, 5.74) is -0.125. The van der Waals surface area contributed by atoms with E-state index in [0.29, 0.717) is 0 Å². The fourth-order valence-corrected chi connectivity index (χ4v) is 2.99. The van der Waals surface area contributed by atoms with Crippen LogP contribution in [-0.4, -0.2) is 94.8 Å². The maximum atomic E-state index is 12.7. The number of amides is 2. The molecular weight excluding hydrogens is 324 g/mol. The molecule has 3 heterocycles. The van der Waals surface area contributed by atoms with Gasteiger partial charge in [0.25, 0.3) is 0 Å². The van der Waals surface area contributed by atoms with Gasteiger partial charge in [-0.15, -0.1) is 0 Å². The van der Waals surface area contributed by atoms with Gasteiger partial charge in [-0.1, -0.05) is 0 Å². The lowest BCUT2D eigenvalue weighted by atomic mass is 10.1. The monoisotopic (exact) mass is 344 g/mol. The molecule has 24 heavy (non-hydrogen) atoms. The largest absolute Gasteiger partial charge is 0.464 e. The van der Waals surface area contributed by atoms with Gasteiger partial charge in [0.05, 0.1) is 13.2 Å². The van der Waals surface area contributed by atoms with Crippen molar-refractivity contribution in [2.75, 3.05) is 20.8 Å². The number of hydrogen-bond donors (Lipinski definition) is 3. The lowest BCUT2D eigenvalue weighted by Crippen LogP contribution is -2.52. The van der Waals surface area contributed by atoms with E-state index in [-0.39, 0.29) is 18.7 Å². The number of nitrogens with zero attached hydrogens (tertiary/aromatic N) is 2. The van der Waals surface area contributed by atoms with Crippen LogP contribution in [0.25, 0.3) is 0 Å². The second kappa shape index (κ2) is 6.30. The summed E-state index contributed by atoms with van der Waals surface area (Å²) in [7, 11) is 2.66. The van der Waals surface area contributed by atoms with Gasteiger partial charge >= 0.3 is 12.0 Å². The van der Waals surface area contributed by atoms with Gasteiger partial charge in [-0.05, 0) is 12.5 Å². The molecule has 0 spiro atoms. The summed E-state index contributed by atoms with van der Waals surface area (Å²) < 4.78 is 15.5. The quantitative estimate of drug-likeness (QED) is 0.393. The molecule has 6 atom stereocenters. The van der Waals surface area contributed by atoms with Crippen LogP contribution in [0, 0.1) is 0 Å². The Balaban J connectivity index is 1.94. The second-order valence-corrected chi connectivity index (χ2v) is 5.86. The molecule has 0 aromatic rings. The fourth-order valence-electron chi connectivity index (χ4n) is 2.99. The van der Waals surface area contributed by atoms with Crippen LogP contribution in [-0.2, 0) is 19.0 Å². The Morgan fingerprint density at radius 2 is 2.00 bits per heavy atom. The Labute approximate surface area is 137 Å². The fraction of sp³-hybridized carbons (Fsp3) is 0.714. The Morgan fingerprint density at radius 1 is 1.29 bits per heavy atom. The normalized spacial score (nSPS) is 38.5. The van der Waals surface area contributed by atoms with Crippen LogP contribution < -0.4 is 0 Å². The van der Waals surface area contributed by atoms with Crippen LogP contribution in [0.4, 0.5) is 4.79 Å². The maximum absolute atomic E-state index is 12.7. The van der Waals surface area contributed by atoms with E-state index in [4.69, 9.17) is 19.3 Å². The number of carbonyl (C=O) groups excluding carboxylic acids is 2. The minimum absolute atomic E-state index is 0.0816. The van der Waals surface area contributed by atoms with Crippen molar-refractivity contribution in [3.63, 3.8) is 0 Å². The minimum atomic E-state index is -1.44. The number of carbonyl (C=O) groups is 2. The topological polar surface area (TPSA) is 132 Å². The minimum Gasteiger partial charge on any atom is -0.464 e. The highest BCUT2D eigenvalue weighted by molar-refractivity contribution is 5.94. The zero-order valence-corrected chi connectivity index (χ0v) is 13.2. The molecular formula is C14H20N2O8. The van der Waals surface area contributed by atoms with Crippen molar-refractivity contribution in [2.24, 2.45) is 0 Å². The van der Waals surface area contributed by atoms with Gasteiger partial charge in [-0.2, -0.15) is 0 Å². The van der Waals surface area contributed by atoms with Crippen molar-refractivity contribution in [1.82, 2.24) is 9.80 Å². The Bertz CT molecular complexity index is 567. The van der Waals surface area contributed by atoms with E-state index in [0.717, 1.165) is 4.90 Å². The third-order valence-corrected chi connectivity index (χ3v) is 4.37. The van der Waals surface area contributed by atoms with Crippen LogP contribution in [0.15, 0.2) is 11.8 Å². The number of rotatable bonds is 4. The van der Waals surface area contributed by atoms with E-state index in [2.05, 4.69) is 0 Å². The molecule has 10 nitrogen and oxygen atoms in total. The first-order valence-electron chi connectivity index (χ1n) is 7.54. The lowest BCUT2D eigenvalue weighted by molar-refractivity contribution is -0.140. The molecule has 3 aliphatic rings. The van der Waals surface area contributed by atoms with Gasteiger partial charge in [0.1, 0.15) is 24.0 Å². The second-order valence-electron chi connectivity index (χ2n) is 5.86. The van der Waals surface area contributed by atoms with Crippen LogP contribution in [0.2, 0.25) is 0 Å². The molecule has 3 aliphatic heterocycles. The third kappa shape index (κ3) is 2.66. The molecule has 0 aromatic heterocycles. The Hall–Kier alpha value is -1.72. The van der Waals surface area contributed by atoms with E-state index in [1.165, 1.54) is 25.1 Å². The number of methoxy groups -OCH3 is 1. The van der Waals surface area contributed by atoms with E-state index in [1.807, 2.05) is 0 Å². The van der Waals surface area contributed by atoms with Gasteiger partial charge in [0.15, 0.2) is 12.5 Å². The number of epoxide rings is 1. The number of aliphatic hydroxyl groups excluding tert-OH is 3. The molecule has 2 fully saturated rings. The van der Waals surface area contributed by atoms with E-state index in [1.54, 1.807) is 0 Å². The van der Waals surface area contributed by atoms with E-state index in [9.17, 15) is 19.8 Å². The summed E-state index contributed by atoms with van der Waals surface area (Å²) in [5, 5.41) is 29.4. The summed E-state index contributed by atoms with van der Waals surface area (Å²) in [6.45, 7) is -0.257. The summed E-state index contributed by atoms with van der Waals surface area (Å²) in [5.74, 6) is -0.788. The standard InChI is InChI=1S/C14H20N2O8/c1-15-11-8(24-11)5-6(13(20)22-2)16(14(15)21)12-10(19)9(18)7(23-12)3-4-17/h5,7-12,17-19H,3-4H2,1-2H3/t7-,8?,9-,10?,11?,12-/m1/s1. The third-order valence-electron chi connectivity index (χ3n) is 4.37. The smallest absolute Gasteiger partial charge is 0.354 e. The van der Waals surface area contributed by atoms with Crippen LogP contribution in [0.3, 0.4) is 0 Å². The molecule has 0 aromatic carbocycles. The van der Waals surface area contributed by atoms with Crippen molar-refractivity contribution in [3.8, 4) is 0 Å². The number of hydrogen-bond acceptors (Lipinski definition) is 8. The van der Waals surface area contributed by atoms with Crippen LogP contribution >= 0.6 is 0 Å². The number of urea groups is 1. The molecule has 2 saturated heterocycles. The van der Waals surface area contributed by atoms with Crippen molar-refractivity contribution in [1.29, 1.82) is 0 Å². The highest BCUT2D eigenvalue weighted by Gasteiger charge is 2.54. The first-order valence-corrected chi connectivity index (χ1v) is 7.54. The maximum Gasteiger partial charge on any atom is 0.354 e. The first-order chi connectivity index (χ1) is 11.4. The molecule has 0 bridgehead atoms. The molecule has 10 heteroatoms. The molecule has 3 unspecified atom stereocenters. The highest BCUT2D eigenvalue weighted by atomic mass is 16.6. The lowest BCUT2D eigenvalue weighted by Gasteiger charge is -2.32. The zero-order chi connectivity index (χ0) is 17.6. The molecule has 0 saturated carbocycles. The van der Waals surface area contributed by atoms with Gasteiger partial charge in [0, 0.05) is 13.7 Å². The predicted octanol–water partition coefficient (Wildman–Crippen LogP) is -2.04. The predicted molar refractivity (Wildman–Crippen MR) is 76.1 cm³/mol. The van der Waals surface area contributed by atoms with Crippen LogP contribution in [0.5, 0.6) is 0 Å². The highest BCUT2D eigenvalue weighted by Crippen LogP contribution is 2.36. The summed E-state index contributed by atoms with van der Waals surface area (Å²) in [6, 6.07) is -0.627. The van der Waals surface area contributed by atoms with Crippen molar-refractivity contribution >= 4 is 12.0 Å². The van der Waals surface area contributed by atoms with Gasteiger partial charge in [-0.3, -0.25) is 9.80 Å². The molecule has 3 rings (SSSR count). The molecule has 3 N–H and O–H groups in total. The van der Waals surface area contributed by atoms with Gasteiger partial charge in [0.2, 0.25) is 0 Å². The summed E-state index contributed by atoms with van der Waals surface area (Å²) >= 11 is 0. The average Bonchev–Trinajstić information content (AvgIpc) is 3.30. The van der Waals surface area contributed by atoms with Crippen molar-refractivity contribution in [2.45, 2.75) is 43.3 Å². The molecule has 2 amide bonds. The number of ether oxygens (including phenoxy) is 3. The number of esters is 1. The molecule has 0 radical (unpaired) electrons. The van der Waals surface area contributed by atoms with Gasteiger partial charge in [-0.25, -0.2) is 9.59 Å². The SMILES string of the molecule is COC(=O)C1=CC2OC2N(C)C(=O)N1[C@@H]1O[C@H](CCO)[C@@H](O)C1O. The average molecular weight is 344 g/mol.